The van der Waals surface area contributed by atoms with Gasteiger partial charge >= 0.3 is 5.97 Å². The van der Waals surface area contributed by atoms with Gasteiger partial charge in [-0.15, -0.1) is 11.3 Å². The van der Waals surface area contributed by atoms with E-state index in [0.29, 0.717) is 29.3 Å². The van der Waals surface area contributed by atoms with Crippen LogP contribution in [0.15, 0.2) is 23.6 Å². The summed E-state index contributed by atoms with van der Waals surface area (Å²) in [4.78, 5) is 38.3. The van der Waals surface area contributed by atoms with Gasteiger partial charge in [-0.05, 0) is 31.9 Å². The zero-order valence-corrected chi connectivity index (χ0v) is 19.1. The van der Waals surface area contributed by atoms with Crippen LogP contribution in [0.25, 0.3) is 11.1 Å². The van der Waals surface area contributed by atoms with Gasteiger partial charge in [0.15, 0.2) is 0 Å². The van der Waals surface area contributed by atoms with Gasteiger partial charge in [-0.25, -0.2) is 4.79 Å². The maximum Gasteiger partial charge on any atom is 0.341 e. The van der Waals surface area contributed by atoms with Gasteiger partial charge in [-0.3, -0.25) is 14.5 Å². The third-order valence-corrected chi connectivity index (χ3v) is 5.45. The number of nitrogens with one attached hydrogen (secondary N) is 1. The Kier molecular flexibility index (Phi) is 9.17. The van der Waals surface area contributed by atoms with Crippen molar-refractivity contribution in [3.05, 3.63) is 40.3 Å². The van der Waals surface area contributed by atoms with E-state index in [1.807, 2.05) is 37.4 Å². The van der Waals surface area contributed by atoms with Crippen LogP contribution in [0.2, 0.25) is 0 Å². The smallest absolute Gasteiger partial charge is 0.341 e. The summed E-state index contributed by atoms with van der Waals surface area (Å²) < 4.78 is 10.3. The van der Waals surface area contributed by atoms with Crippen molar-refractivity contribution in [2.45, 2.75) is 20.8 Å². The van der Waals surface area contributed by atoms with Crippen LogP contribution in [-0.2, 0) is 19.1 Å². The molecule has 0 aliphatic heterocycles. The lowest BCUT2D eigenvalue weighted by atomic mass is 9.97. The maximum absolute atomic E-state index is 12.7. The Morgan fingerprint density at radius 2 is 1.90 bits per heavy atom. The molecule has 0 atom stereocenters. The lowest BCUT2D eigenvalue weighted by Gasteiger charge is -2.19. The van der Waals surface area contributed by atoms with E-state index in [0.717, 1.165) is 16.7 Å². The molecule has 3 N–H and O–H groups in total. The molecule has 0 aliphatic rings. The zero-order chi connectivity index (χ0) is 23.0. The lowest BCUT2D eigenvalue weighted by molar-refractivity contribution is -0.121. The quantitative estimate of drug-likeness (QED) is 0.512. The number of anilines is 1. The number of methoxy groups -OCH3 is 1. The van der Waals surface area contributed by atoms with E-state index in [2.05, 4.69) is 5.32 Å². The van der Waals surface area contributed by atoms with E-state index in [4.69, 9.17) is 15.2 Å². The first kappa shape index (κ1) is 24.5. The molecule has 1 heterocycles. The number of benzene rings is 1. The van der Waals surface area contributed by atoms with Crippen molar-refractivity contribution in [3.8, 4) is 11.1 Å². The SMILES string of the molecule is CCOC(=O)c1c(-c2ccc(C)cc2C)csc1NC(=O)CN(CCOC)CC(N)=O. The summed E-state index contributed by atoms with van der Waals surface area (Å²) in [7, 11) is 1.54. The van der Waals surface area contributed by atoms with Crippen LogP contribution in [0, 0.1) is 13.8 Å². The number of esters is 1. The molecule has 9 heteroatoms. The first-order valence-electron chi connectivity index (χ1n) is 9.92. The second-order valence-corrected chi connectivity index (χ2v) is 7.99. The van der Waals surface area contributed by atoms with Crippen LogP contribution in [0.3, 0.4) is 0 Å². The van der Waals surface area contributed by atoms with Gasteiger partial charge in [0.1, 0.15) is 10.6 Å². The largest absolute Gasteiger partial charge is 0.462 e. The summed E-state index contributed by atoms with van der Waals surface area (Å²) in [6, 6.07) is 5.97. The average Bonchev–Trinajstić information content (AvgIpc) is 3.09. The molecule has 0 saturated carbocycles. The third-order valence-electron chi connectivity index (χ3n) is 4.55. The predicted octanol–water partition coefficient (Wildman–Crippen LogP) is 2.58. The topological polar surface area (TPSA) is 111 Å². The summed E-state index contributed by atoms with van der Waals surface area (Å²) in [5.41, 5.74) is 9.35. The normalized spacial score (nSPS) is 10.9. The minimum Gasteiger partial charge on any atom is -0.462 e. The van der Waals surface area contributed by atoms with Crippen molar-refractivity contribution < 1.29 is 23.9 Å². The number of aryl methyl sites for hydroxylation is 2. The standard InChI is InChI=1S/C22H29N3O5S/c1-5-30-22(28)20-17(16-7-6-14(2)10-15(16)3)13-31-21(20)24-19(27)12-25(8-9-29-4)11-18(23)26/h6-7,10,13H,5,8-9,11-12H2,1-4H3,(H2,23,26)(H,24,27). The van der Waals surface area contributed by atoms with Crippen molar-refractivity contribution in [1.82, 2.24) is 4.90 Å². The van der Waals surface area contributed by atoms with E-state index >= 15 is 0 Å². The van der Waals surface area contributed by atoms with Crippen LogP contribution in [0.1, 0.15) is 28.4 Å². The number of hydrogen-bond donors (Lipinski definition) is 2. The van der Waals surface area contributed by atoms with Crippen molar-refractivity contribution in [2.75, 3.05) is 45.3 Å². The summed E-state index contributed by atoms with van der Waals surface area (Å²) in [5, 5.41) is 5.04. The fourth-order valence-corrected chi connectivity index (χ4v) is 4.16. The van der Waals surface area contributed by atoms with Crippen LogP contribution >= 0.6 is 11.3 Å². The number of amides is 2. The summed E-state index contributed by atoms with van der Waals surface area (Å²) >= 11 is 1.26. The average molecular weight is 448 g/mol. The monoisotopic (exact) mass is 447 g/mol. The molecule has 0 spiro atoms. The molecular weight excluding hydrogens is 418 g/mol. The fraction of sp³-hybridized carbons (Fsp3) is 0.409. The molecule has 2 aromatic rings. The van der Waals surface area contributed by atoms with E-state index in [1.54, 1.807) is 11.8 Å². The van der Waals surface area contributed by atoms with Crippen LogP contribution in [0.5, 0.6) is 0 Å². The highest BCUT2D eigenvalue weighted by atomic mass is 32.1. The molecule has 0 saturated heterocycles. The number of thiophene rings is 1. The predicted molar refractivity (Wildman–Crippen MR) is 121 cm³/mol. The van der Waals surface area contributed by atoms with Gasteiger partial charge in [0.25, 0.3) is 0 Å². The number of rotatable bonds is 11. The highest BCUT2D eigenvalue weighted by molar-refractivity contribution is 7.15. The van der Waals surface area contributed by atoms with Crippen molar-refractivity contribution >= 4 is 34.1 Å². The number of nitrogens with zero attached hydrogens (tertiary/aromatic N) is 1. The molecule has 2 amide bonds. The van der Waals surface area contributed by atoms with Crippen LogP contribution in [-0.4, -0.2) is 62.6 Å². The zero-order valence-electron chi connectivity index (χ0n) is 18.3. The number of hydrogen-bond acceptors (Lipinski definition) is 7. The molecule has 8 nitrogen and oxygen atoms in total. The number of ether oxygens (including phenoxy) is 2. The van der Waals surface area contributed by atoms with Crippen molar-refractivity contribution in [2.24, 2.45) is 5.73 Å². The highest BCUT2D eigenvalue weighted by Gasteiger charge is 2.24. The third kappa shape index (κ3) is 6.88. The first-order valence-corrected chi connectivity index (χ1v) is 10.8. The molecule has 0 fully saturated rings. The molecule has 0 aliphatic carbocycles. The van der Waals surface area contributed by atoms with Gasteiger partial charge in [0.2, 0.25) is 11.8 Å². The summed E-state index contributed by atoms with van der Waals surface area (Å²) in [6.07, 6.45) is 0. The summed E-state index contributed by atoms with van der Waals surface area (Å²) in [6.45, 7) is 6.52. The Balaban J connectivity index is 2.31. The van der Waals surface area contributed by atoms with Crippen molar-refractivity contribution in [3.63, 3.8) is 0 Å². The number of nitrogens with two attached hydrogens (primary N) is 1. The van der Waals surface area contributed by atoms with Crippen LogP contribution in [0.4, 0.5) is 5.00 Å². The minimum atomic E-state index is -0.538. The molecule has 0 unspecified atom stereocenters. The van der Waals surface area contributed by atoms with Gasteiger partial charge in [0.05, 0.1) is 26.3 Å². The molecule has 0 bridgehead atoms. The van der Waals surface area contributed by atoms with E-state index in [9.17, 15) is 14.4 Å². The number of carbonyl (C=O) groups is 3. The lowest BCUT2D eigenvalue weighted by Crippen LogP contribution is -2.40. The van der Waals surface area contributed by atoms with E-state index in [1.165, 1.54) is 18.4 Å². The van der Waals surface area contributed by atoms with Crippen LogP contribution < -0.4 is 11.1 Å². The molecule has 31 heavy (non-hydrogen) atoms. The van der Waals surface area contributed by atoms with Crippen molar-refractivity contribution in [1.29, 1.82) is 0 Å². The Bertz CT molecular complexity index is 941. The Morgan fingerprint density at radius 3 is 2.52 bits per heavy atom. The first-order chi connectivity index (χ1) is 14.8. The molecule has 1 aromatic heterocycles. The van der Waals surface area contributed by atoms with Gasteiger partial charge < -0.3 is 20.5 Å². The molecule has 0 radical (unpaired) electrons. The molecule has 1 aromatic carbocycles. The molecular formula is C22H29N3O5S. The minimum absolute atomic E-state index is 0.0641. The number of primary amides is 1. The Hall–Kier alpha value is -2.75. The molecule has 2 rings (SSSR count). The van der Waals surface area contributed by atoms with E-state index < -0.39 is 11.9 Å². The van der Waals surface area contributed by atoms with E-state index in [-0.39, 0.29) is 25.6 Å². The van der Waals surface area contributed by atoms with Gasteiger partial charge in [0, 0.05) is 24.6 Å². The Morgan fingerprint density at radius 1 is 1.16 bits per heavy atom. The summed E-state index contributed by atoms with van der Waals surface area (Å²) in [5.74, 6) is -1.40. The van der Waals surface area contributed by atoms with Gasteiger partial charge in [-0.2, -0.15) is 0 Å². The Labute approximate surface area is 186 Å². The van der Waals surface area contributed by atoms with Gasteiger partial charge in [-0.1, -0.05) is 23.8 Å². The second kappa shape index (κ2) is 11.6. The number of carbonyl (C=O) groups excluding carboxylic acids is 3. The maximum atomic E-state index is 12.7. The highest BCUT2D eigenvalue weighted by Crippen LogP contribution is 2.37. The fourth-order valence-electron chi connectivity index (χ4n) is 3.19. The second-order valence-electron chi connectivity index (χ2n) is 7.11. The molecule has 168 valence electrons.